The van der Waals surface area contributed by atoms with Crippen LogP contribution in [0.3, 0.4) is 0 Å². The maximum absolute atomic E-state index is 12.9. The van der Waals surface area contributed by atoms with Crippen molar-refractivity contribution in [3.05, 3.63) is 101 Å². The summed E-state index contributed by atoms with van der Waals surface area (Å²) in [5.74, 6) is -1.42. The lowest BCUT2D eigenvalue weighted by Crippen LogP contribution is -2.15. The normalized spacial score (nSPS) is 10.3. The molecule has 0 radical (unpaired) electrons. The van der Waals surface area contributed by atoms with Crippen LogP contribution in [0.15, 0.2) is 78.9 Å². The van der Waals surface area contributed by atoms with E-state index in [-0.39, 0.29) is 30.5 Å². The molecule has 3 aromatic carbocycles. The van der Waals surface area contributed by atoms with Crippen LogP contribution >= 0.6 is 0 Å². The van der Waals surface area contributed by atoms with Gasteiger partial charge in [-0.3, -0.25) is 14.4 Å². The first-order valence-electron chi connectivity index (χ1n) is 9.41. The van der Waals surface area contributed by atoms with Crippen molar-refractivity contribution < 1.29 is 23.5 Å². The molecule has 0 aliphatic heterocycles. The summed E-state index contributed by atoms with van der Waals surface area (Å²) in [5.41, 5.74) is 2.27. The average Bonchev–Trinajstić information content (AvgIpc) is 2.78. The summed E-state index contributed by atoms with van der Waals surface area (Å²) in [6.07, 6.45) is 0.506. The van der Waals surface area contributed by atoms with Gasteiger partial charge in [0.15, 0.2) is 12.4 Å². The zero-order valence-corrected chi connectivity index (χ0v) is 16.1. The lowest BCUT2D eigenvalue weighted by molar-refractivity contribution is -0.142. The van der Waals surface area contributed by atoms with Gasteiger partial charge >= 0.3 is 5.97 Å². The SMILES string of the molecule is O=C(CCc1ccc(F)cc1)OCC(=O)c1ccc(NC(=O)c2ccccc2)cc1. The standard InChI is InChI=1S/C24H20FNO4/c25-20-11-6-17(7-12-20)8-15-23(28)30-16-22(27)18-9-13-21(14-10-18)26-24(29)19-4-2-1-3-5-19/h1-7,9-14H,8,15-16H2,(H,26,29). The van der Waals surface area contributed by atoms with Gasteiger partial charge in [0.1, 0.15) is 5.82 Å². The number of anilines is 1. The summed E-state index contributed by atoms with van der Waals surface area (Å²) in [6, 6.07) is 21.0. The molecule has 0 atom stereocenters. The molecule has 0 aliphatic carbocycles. The van der Waals surface area contributed by atoms with Crippen molar-refractivity contribution >= 4 is 23.3 Å². The number of ether oxygens (including phenoxy) is 1. The van der Waals surface area contributed by atoms with Crippen LogP contribution in [-0.4, -0.2) is 24.3 Å². The molecule has 5 nitrogen and oxygen atoms in total. The average molecular weight is 405 g/mol. The molecule has 0 saturated carbocycles. The Morgan fingerprint density at radius 1 is 0.800 bits per heavy atom. The van der Waals surface area contributed by atoms with E-state index >= 15 is 0 Å². The highest BCUT2D eigenvalue weighted by atomic mass is 19.1. The molecule has 0 spiro atoms. The van der Waals surface area contributed by atoms with Crippen LogP contribution in [0.1, 0.15) is 32.7 Å². The number of rotatable bonds is 8. The third-order valence-electron chi connectivity index (χ3n) is 4.40. The largest absolute Gasteiger partial charge is 0.457 e. The van der Waals surface area contributed by atoms with Crippen LogP contribution in [0.5, 0.6) is 0 Å². The summed E-state index contributed by atoms with van der Waals surface area (Å²) >= 11 is 0. The fraction of sp³-hybridized carbons (Fsp3) is 0.125. The molecule has 3 rings (SSSR count). The number of carbonyl (C=O) groups is 3. The summed E-state index contributed by atoms with van der Waals surface area (Å²) in [7, 11) is 0. The first kappa shape index (κ1) is 20.9. The predicted octanol–water partition coefficient (Wildman–Crippen LogP) is 4.44. The van der Waals surface area contributed by atoms with Gasteiger partial charge in [0.05, 0.1) is 0 Å². The Balaban J connectivity index is 1.45. The van der Waals surface area contributed by atoms with Crippen molar-refractivity contribution in [2.45, 2.75) is 12.8 Å². The minimum absolute atomic E-state index is 0.101. The molecule has 3 aromatic rings. The molecular formula is C24H20FNO4. The Hall–Kier alpha value is -3.80. The molecule has 6 heteroatoms. The van der Waals surface area contributed by atoms with E-state index in [1.165, 1.54) is 12.1 Å². The Morgan fingerprint density at radius 3 is 2.13 bits per heavy atom. The second-order valence-corrected chi connectivity index (χ2v) is 6.61. The van der Waals surface area contributed by atoms with Gasteiger partial charge in [-0.15, -0.1) is 0 Å². The number of hydrogen-bond donors (Lipinski definition) is 1. The lowest BCUT2D eigenvalue weighted by Gasteiger charge is -2.07. The van der Waals surface area contributed by atoms with Crippen molar-refractivity contribution in [1.29, 1.82) is 0 Å². The molecule has 1 amide bonds. The van der Waals surface area contributed by atoms with Crippen LogP contribution < -0.4 is 5.32 Å². The predicted molar refractivity (Wildman–Crippen MR) is 111 cm³/mol. The molecule has 0 saturated heterocycles. The summed E-state index contributed by atoms with van der Waals surface area (Å²) in [5, 5.41) is 2.75. The van der Waals surface area contributed by atoms with Crippen LogP contribution in [0, 0.1) is 5.82 Å². The highest BCUT2D eigenvalue weighted by Gasteiger charge is 2.11. The highest BCUT2D eigenvalue weighted by Crippen LogP contribution is 2.12. The molecule has 1 N–H and O–H groups in total. The van der Waals surface area contributed by atoms with Crippen LogP contribution in [-0.2, 0) is 16.0 Å². The molecule has 0 aliphatic rings. The molecule has 0 aromatic heterocycles. The molecule has 0 bridgehead atoms. The van der Waals surface area contributed by atoms with Gasteiger partial charge in [-0.25, -0.2) is 4.39 Å². The number of esters is 1. The summed E-state index contributed by atoms with van der Waals surface area (Å²) < 4.78 is 17.9. The van der Waals surface area contributed by atoms with E-state index in [0.717, 1.165) is 5.56 Å². The minimum Gasteiger partial charge on any atom is -0.457 e. The topological polar surface area (TPSA) is 72.5 Å². The second kappa shape index (κ2) is 10.1. The number of hydrogen-bond acceptors (Lipinski definition) is 4. The van der Waals surface area contributed by atoms with Crippen molar-refractivity contribution in [2.24, 2.45) is 0 Å². The fourth-order valence-corrected chi connectivity index (χ4v) is 2.73. The van der Waals surface area contributed by atoms with E-state index < -0.39 is 5.97 Å². The molecular weight excluding hydrogens is 385 g/mol. The van der Waals surface area contributed by atoms with Gasteiger partial charge < -0.3 is 10.1 Å². The van der Waals surface area contributed by atoms with Crippen molar-refractivity contribution in [1.82, 2.24) is 0 Å². The van der Waals surface area contributed by atoms with Gasteiger partial charge in [-0.2, -0.15) is 0 Å². The number of Topliss-reactive ketones (excluding diaryl/α,β-unsaturated/α-hetero) is 1. The van der Waals surface area contributed by atoms with Gasteiger partial charge in [0, 0.05) is 23.2 Å². The number of carbonyl (C=O) groups excluding carboxylic acids is 3. The minimum atomic E-state index is -0.501. The maximum Gasteiger partial charge on any atom is 0.306 e. The fourth-order valence-electron chi connectivity index (χ4n) is 2.73. The number of ketones is 1. The second-order valence-electron chi connectivity index (χ2n) is 6.61. The Morgan fingerprint density at radius 2 is 1.47 bits per heavy atom. The van der Waals surface area contributed by atoms with Gasteiger partial charge in [0.2, 0.25) is 0 Å². The number of benzene rings is 3. The Labute approximate surface area is 173 Å². The van der Waals surface area contributed by atoms with Crippen LogP contribution in [0.4, 0.5) is 10.1 Å². The van der Waals surface area contributed by atoms with Crippen LogP contribution in [0.25, 0.3) is 0 Å². The van der Waals surface area contributed by atoms with E-state index in [1.54, 1.807) is 60.7 Å². The Kier molecular flexibility index (Phi) is 7.05. The van der Waals surface area contributed by atoms with Crippen molar-refractivity contribution in [3.63, 3.8) is 0 Å². The highest BCUT2D eigenvalue weighted by molar-refractivity contribution is 6.04. The summed E-state index contributed by atoms with van der Waals surface area (Å²) in [4.78, 5) is 36.2. The van der Waals surface area contributed by atoms with Crippen molar-refractivity contribution in [3.8, 4) is 0 Å². The smallest absolute Gasteiger partial charge is 0.306 e. The molecule has 152 valence electrons. The molecule has 30 heavy (non-hydrogen) atoms. The number of amides is 1. The van der Waals surface area contributed by atoms with Crippen LogP contribution in [0.2, 0.25) is 0 Å². The van der Waals surface area contributed by atoms with E-state index in [0.29, 0.717) is 23.2 Å². The first-order valence-corrected chi connectivity index (χ1v) is 9.41. The quantitative estimate of drug-likeness (QED) is 0.444. The van der Waals surface area contributed by atoms with E-state index in [1.807, 2.05) is 6.07 Å². The van der Waals surface area contributed by atoms with Crippen molar-refractivity contribution in [2.75, 3.05) is 11.9 Å². The number of aryl methyl sites for hydroxylation is 1. The lowest BCUT2D eigenvalue weighted by atomic mass is 10.1. The third-order valence-corrected chi connectivity index (χ3v) is 4.40. The third kappa shape index (κ3) is 6.10. The van der Waals surface area contributed by atoms with Gasteiger partial charge in [0.25, 0.3) is 5.91 Å². The summed E-state index contributed by atoms with van der Waals surface area (Å²) in [6.45, 7) is -0.363. The monoisotopic (exact) mass is 405 g/mol. The molecule has 0 unspecified atom stereocenters. The first-order chi connectivity index (χ1) is 14.5. The molecule has 0 heterocycles. The van der Waals surface area contributed by atoms with Gasteiger partial charge in [-0.1, -0.05) is 30.3 Å². The maximum atomic E-state index is 12.9. The van der Waals surface area contributed by atoms with E-state index in [2.05, 4.69) is 5.32 Å². The van der Waals surface area contributed by atoms with E-state index in [4.69, 9.17) is 4.74 Å². The van der Waals surface area contributed by atoms with E-state index in [9.17, 15) is 18.8 Å². The number of nitrogens with one attached hydrogen (secondary N) is 1. The number of halogens is 1. The zero-order chi connectivity index (χ0) is 21.3. The molecule has 0 fully saturated rings. The zero-order valence-electron chi connectivity index (χ0n) is 16.1. The Bertz CT molecular complexity index is 1020. The van der Waals surface area contributed by atoms with Gasteiger partial charge in [-0.05, 0) is 60.5 Å².